The van der Waals surface area contributed by atoms with Crippen LogP contribution in [0.4, 0.5) is 5.82 Å². The highest BCUT2D eigenvalue weighted by atomic mass is 16.2. The van der Waals surface area contributed by atoms with E-state index < -0.39 is 0 Å². The van der Waals surface area contributed by atoms with Crippen LogP contribution < -0.4 is 10.5 Å². The minimum atomic E-state index is -0.334. The molecule has 0 fully saturated rings. The number of terminal acetylenes is 1. The molecule has 0 aromatic carbocycles. The summed E-state index contributed by atoms with van der Waals surface area (Å²) in [5, 5.41) is 0. The normalized spacial score (nSPS) is 9.95. The first-order chi connectivity index (χ1) is 10.0. The molecule has 5 heteroatoms. The Morgan fingerprint density at radius 1 is 1.38 bits per heavy atom. The predicted octanol–water partition coefficient (Wildman–Crippen LogP) is 1.46. The first-order valence-corrected chi connectivity index (χ1v) is 6.38. The van der Waals surface area contributed by atoms with Crippen molar-refractivity contribution in [3.8, 4) is 12.3 Å². The molecular weight excluding hydrogens is 266 g/mol. The summed E-state index contributed by atoms with van der Waals surface area (Å²) in [6.07, 6.45) is 6.93. The molecule has 0 unspecified atom stereocenters. The van der Waals surface area contributed by atoms with Crippen molar-refractivity contribution in [3.05, 3.63) is 58.1 Å². The molecule has 0 bridgehead atoms. The molecule has 106 valence electrons. The molecule has 0 aliphatic heterocycles. The number of rotatable bonds is 3. The van der Waals surface area contributed by atoms with Gasteiger partial charge in [0.25, 0.3) is 11.5 Å². The Hall–Kier alpha value is -2.87. The second-order valence-electron chi connectivity index (χ2n) is 4.60. The Balaban J connectivity index is 2.40. The van der Waals surface area contributed by atoms with E-state index in [0.29, 0.717) is 5.82 Å². The number of pyridine rings is 2. The number of nitrogens with zero attached hydrogens (tertiary/aromatic N) is 3. The van der Waals surface area contributed by atoms with Crippen molar-refractivity contribution >= 4 is 11.7 Å². The third-order valence-corrected chi connectivity index (χ3v) is 3.06. The molecule has 0 radical (unpaired) electrons. The molecule has 0 spiro atoms. The van der Waals surface area contributed by atoms with Gasteiger partial charge in [0.15, 0.2) is 0 Å². The second kappa shape index (κ2) is 6.06. The standard InChI is InChI=1S/C16H15N3O2/c1-4-10-19-13(6-5-7-15(19)20)16(21)18(3)14-9-8-12(2)11-17-14/h1,5-9,11H,10H2,2-3H3. The number of amides is 1. The lowest BCUT2D eigenvalue weighted by molar-refractivity contribution is 0.0982. The molecule has 0 atom stereocenters. The second-order valence-corrected chi connectivity index (χ2v) is 4.60. The Morgan fingerprint density at radius 3 is 2.76 bits per heavy atom. The van der Waals surface area contributed by atoms with Crippen molar-refractivity contribution in [3.63, 3.8) is 0 Å². The van der Waals surface area contributed by atoms with Crippen molar-refractivity contribution in [1.82, 2.24) is 9.55 Å². The Bertz CT molecular complexity index is 754. The summed E-state index contributed by atoms with van der Waals surface area (Å²) < 4.78 is 1.27. The van der Waals surface area contributed by atoms with Gasteiger partial charge in [0.1, 0.15) is 11.5 Å². The molecule has 0 aliphatic rings. The number of aromatic nitrogens is 2. The summed E-state index contributed by atoms with van der Waals surface area (Å²) >= 11 is 0. The van der Waals surface area contributed by atoms with E-state index in [1.807, 2.05) is 13.0 Å². The molecule has 21 heavy (non-hydrogen) atoms. The molecule has 0 saturated carbocycles. The molecule has 0 aliphatic carbocycles. The van der Waals surface area contributed by atoms with Crippen molar-refractivity contribution in [2.45, 2.75) is 13.5 Å². The highest BCUT2D eigenvalue weighted by Gasteiger charge is 2.18. The maximum absolute atomic E-state index is 12.5. The van der Waals surface area contributed by atoms with Crippen LogP contribution in [0, 0.1) is 19.3 Å². The topological polar surface area (TPSA) is 55.2 Å². The zero-order chi connectivity index (χ0) is 15.4. The Kier molecular flexibility index (Phi) is 4.19. The van der Waals surface area contributed by atoms with E-state index in [0.717, 1.165) is 5.56 Å². The molecule has 2 aromatic heterocycles. The minimum absolute atomic E-state index is 0.0515. The smallest absolute Gasteiger partial charge is 0.275 e. The number of carbonyl (C=O) groups excluding carboxylic acids is 1. The summed E-state index contributed by atoms with van der Waals surface area (Å²) in [4.78, 5) is 29.9. The van der Waals surface area contributed by atoms with Gasteiger partial charge in [0.05, 0.1) is 6.54 Å². The first kappa shape index (κ1) is 14.5. The quantitative estimate of drug-likeness (QED) is 0.800. The van der Waals surface area contributed by atoms with Crippen LogP contribution in [-0.4, -0.2) is 22.5 Å². The number of carbonyl (C=O) groups is 1. The summed E-state index contributed by atoms with van der Waals surface area (Å²) in [5.41, 5.74) is 0.943. The van der Waals surface area contributed by atoms with Crippen LogP contribution >= 0.6 is 0 Å². The van der Waals surface area contributed by atoms with Gasteiger partial charge in [-0.2, -0.15) is 0 Å². The first-order valence-electron chi connectivity index (χ1n) is 6.38. The zero-order valence-electron chi connectivity index (χ0n) is 11.9. The van der Waals surface area contributed by atoms with Crippen LogP contribution in [0.2, 0.25) is 0 Å². The summed E-state index contributed by atoms with van der Waals surface area (Å²) in [7, 11) is 1.61. The monoisotopic (exact) mass is 281 g/mol. The molecule has 2 heterocycles. The highest BCUT2D eigenvalue weighted by molar-refractivity contribution is 6.04. The van der Waals surface area contributed by atoms with Gasteiger partial charge in [-0.15, -0.1) is 6.42 Å². The van der Waals surface area contributed by atoms with Crippen molar-refractivity contribution < 1.29 is 4.79 Å². The number of hydrogen-bond acceptors (Lipinski definition) is 3. The van der Waals surface area contributed by atoms with E-state index in [2.05, 4.69) is 10.9 Å². The van der Waals surface area contributed by atoms with Crippen LogP contribution in [0.15, 0.2) is 41.3 Å². The lowest BCUT2D eigenvalue weighted by Crippen LogP contribution is -2.33. The van der Waals surface area contributed by atoms with Crippen molar-refractivity contribution in [2.75, 3.05) is 11.9 Å². The molecule has 2 rings (SSSR count). The van der Waals surface area contributed by atoms with Crippen LogP contribution in [-0.2, 0) is 6.54 Å². The Labute approximate surface area is 122 Å². The molecular formula is C16H15N3O2. The molecule has 0 saturated heterocycles. The van der Waals surface area contributed by atoms with E-state index in [9.17, 15) is 9.59 Å². The average Bonchev–Trinajstić information content (AvgIpc) is 2.49. The molecule has 0 N–H and O–H groups in total. The predicted molar refractivity (Wildman–Crippen MR) is 81.2 cm³/mol. The van der Waals surface area contributed by atoms with Crippen molar-refractivity contribution in [1.29, 1.82) is 0 Å². The van der Waals surface area contributed by atoms with Crippen LogP contribution in [0.5, 0.6) is 0 Å². The van der Waals surface area contributed by atoms with Gasteiger partial charge in [-0.05, 0) is 24.6 Å². The van der Waals surface area contributed by atoms with Gasteiger partial charge in [-0.25, -0.2) is 4.98 Å². The Morgan fingerprint density at radius 2 is 2.14 bits per heavy atom. The van der Waals surface area contributed by atoms with Gasteiger partial charge in [0, 0.05) is 19.3 Å². The lowest BCUT2D eigenvalue weighted by atomic mass is 10.2. The molecule has 2 aromatic rings. The van der Waals surface area contributed by atoms with E-state index in [1.165, 1.54) is 15.5 Å². The largest absolute Gasteiger partial charge is 0.295 e. The average molecular weight is 281 g/mol. The molecule has 5 nitrogen and oxygen atoms in total. The van der Waals surface area contributed by atoms with Gasteiger partial charge in [0.2, 0.25) is 0 Å². The fourth-order valence-electron chi connectivity index (χ4n) is 1.90. The lowest BCUT2D eigenvalue weighted by Gasteiger charge is -2.18. The maximum Gasteiger partial charge on any atom is 0.275 e. The highest BCUT2D eigenvalue weighted by Crippen LogP contribution is 2.12. The van der Waals surface area contributed by atoms with Crippen LogP contribution in [0.3, 0.4) is 0 Å². The van der Waals surface area contributed by atoms with E-state index in [-0.39, 0.29) is 23.7 Å². The number of hydrogen-bond donors (Lipinski definition) is 0. The van der Waals surface area contributed by atoms with Crippen LogP contribution in [0.25, 0.3) is 0 Å². The third kappa shape index (κ3) is 3.00. The van der Waals surface area contributed by atoms with Gasteiger partial charge in [-0.1, -0.05) is 18.1 Å². The third-order valence-electron chi connectivity index (χ3n) is 3.06. The summed E-state index contributed by atoms with van der Waals surface area (Å²) in [5.74, 6) is 2.56. The zero-order valence-corrected chi connectivity index (χ0v) is 11.9. The SMILES string of the molecule is C#CCn1c(C(=O)N(C)c2ccc(C)cn2)cccc1=O. The van der Waals surface area contributed by atoms with E-state index >= 15 is 0 Å². The van der Waals surface area contributed by atoms with Gasteiger partial charge in [-0.3, -0.25) is 19.1 Å². The van der Waals surface area contributed by atoms with E-state index in [4.69, 9.17) is 6.42 Å². The molecule has 1 amide bonds. The summed E-state index contributed by atoms with van der Waals surface area (Å²) in [6, 6.07) is 8.11. The van der Waals surface area contributed by atoms with Crippen molar-refractivity contribution in [2.24, 2.45) is 0 Å². The maximum atomic E-state index is 12.5. The van der Waals surface area contributed by atoms with Crippen LogP contribution in [0.1, 0.15) is 16.1 Å². The fourth-order valence-corrected chi connectivity index (χ4v) is 1.90. The van der Waals surface area contributed by atoms with Gasteiger partial charge < -0.3 is 0 Å². The van der Waals surface area contributed by atoms with E-state index in [1.54, 1.807) is 31.4 Å². The summed E-state index contributed by atoms with van der Waals surface area (Å²) in [6.45, 7) is 1.97. The number of aryl methyl sites for hydroxylation is 1. The minimum Gasteiger partial charge on any atom is -0.295 e. The fraction of sp³-hybridized carbons (Fsp3) is 0.188. The number of anilines is 1. The van der Waals surface area contributed by atoms with Gasteiger partial charge >= 0.3 is 0 Å².